The zero-order valence-corrected chi connectivity index (χ0v) is 18.4. The monoisotopic (exact) mass is 545 g/mol. The first-order chi connectivity index (χ1) is 15.9. The van der Waals surface area contributed by atoms with Gasteiger partial charge in [0.25, 0.3) is 9.84 Å². The van der Waals surface area contributed by atoms with Crippen LogP contribution in [0.4, 0.5) is 26.3 Å². The lowest BCUT2D eigenvalue weighted by molar-refractivity contribution is -0.138. The van der Waals surface area contributed by atoms with E-state index in [1.54, 1.807) is 4.98 Å². The highest BCUT2D eigenvalue weighted by atomic mass is 35.5. The van der Waals surface area contributed by atoms with Crippen LogP contribution in [0.25, 0.3) is 5.69 Å². The predicted molar refractivity (Wildman–Crippen MR) is 108 cm³/mol. The summed E-state index contributed by atoms with van der Waals surface area (Å²) >= 11 is 5.91. The van der Waals surface area contributed by atoms with Crippen LogP contribution >= 0.6 is 11.6 Å². The summed E-state index contributed by atoms with van der Waals surface area (Å²) in [5.74, 6) is -1.56. The first-order valence-corrected chi connectivity index (χ1v) is 10.7. The number of hydrogen-bond donors (Lipinski definition) is 1. The third-order valence-corrected chi connectivity index (χ3v) is 6.23. The molecule has 0 unspecified atom stereocenters. The van der Waals surface area contributed by atoms with Crippen LogP contribution in [0.3, 0.4) is 0 Å². The van der Waals surface area contributed by atoms with Crippen molar-refractivity contribution in [3.63, 3.8) is 0 Å². The maximum atomic E-state index is 13.8. The molecular formula is C18H10ClF6N3O6S. The van der Waals surface area contributed by atoms with Gasteiger partial charge in [-0.15, -0.1) is 0 Å². The molecule has 0 bridgehead atoms. The minimum atomic E-state index is -5.71. The molecule has 0 radical (unpaired) electrons. The normalized spacial score (nSPS) is 12.6. The average Bonchev–Trinajstić information content (AvgIpc) is 2.72. The van der Waals surface area contributed by atoms with Gasteiger partial charge in [0.05, 0.1) is 15.6 Å². The van der Waals surface area contributed by atoms with Gasteiger partial charge in [-0.3, -0.25) is 4.98 Å². The van der Waals surface area contributed by atoms with Crippen LogP contribution in [-0.2, 0) is 23.1 Å². The topological polar surface area (TPSA) is 120 Å². The van der Waals surface area contributed by atoms with E-state index in [1.807, 2.05) is 0 Å². The molecule has 188 valence electrons. The van der Waals surface area contributed by atoms with Crippen molar-refractivity contribution in [3.05, 3.63) is 78.4 Å². The Bertz CT molecular complexity index is 1590. The minimum absolute atomic E-state index is 0.211. The van der Waals surface area contributed by atoms with E-state index in [1.165, 1.54) is 0 Å². The van der Waals surface area contributed by atoms with Crippen LogP contribution in [0.1, 0.15) is 5.56 Å². The molecule has 0 aliphatic heterocycles. The molecule has 0 saturated carbocycles. The summed E-state index contributed by atoms with van der Waals surface area (Å²) in [6.45, 7) is 0. The second-order valence-corrected chi connectivity index (χ2v) is 9.09. The number of ether oxygens (including phenoxy) is 1. The molecule has 9 nitrogen and oxygen atoms in total. The summed E-state index contributed by atoms with van der Waals surface area (Å²) in [6.07, 6.45) is -5.18. The van der Waals surface area contributed by atoms with Gasteiger partial charge in [-0.1, -0.05) is 11.6 Å². The number of halogens is 7. The first-order valence-electron chi connectivity index (χ1n) is 8.88. The van der Waals surface area contributed by atoms with Crippen LogP contribution in [0.15, 0.2) is 55.7 Å². The van der Waals surface area contributed by atoms with Gasteiger partial charge in [0.15, 0.2) is 5.75 Å². The number of aromatic nitrogens is 3. The average molecular weight is 546 g/mol. The molecular weight excluding hydrogens is 536 g/mol. The zero-order valence-electron chi connectivity index (χ0n) is 16.9. The summed E-state index contributed by atoms with van der Waals surface area (Å²) in [7, 11) is -4.75. The van der Waals surface area contributed by atoms with Crippen molar-refractivity contribution in [1.82, 2.24) is 14.1 Å². The molecule has 1 aromatic heterocycles. The van der Waals surface area contributed by atoms with Crippen LogP contribution in [0, 0.1) is 0 Å². The largest absolute Gasteiger partial charge is 0.501 e. The highest BCUT2D eigenvalue weighted by Crippen LogP contribution is 2.43. The van der Waals surface area contributed by atoms with Gasteiger partial charge in [-0.2, -0.15) is 26.3 Å². The summed E-state index contributed by atoms with van der Waals surface area (Å²) < 4.78 is 108. The van der Waals surface area contributed by atoms with Crippen molar-refractivity contribution in [1.29, 1.82) is 0 Å². The number of aromatic amines is 1. The maximum absolute atomic E-state index is 13.8. The van der Waals surface area contributed by atoms with E-state index >= 15 is 0 Å². The van der Waals surface area contributed by atoms with E-state index < -0.39 is 71.3 Å². The summed E-state index contributed by atoms with van der Waals surface area (Å²) in [6, 6.07) is 3.35. The number of benzene rings is 2. The Morgan fingerprint density at radius 2 is 1.51 bits per heavy atom. The van der Waals surface area contributed by atoms with Crippen molar-refractivity contribution in [2.24, 2.45) is 7.05 Å². The molecule has 17 heteroatoms. The van der Waals surface area contributed by atoms with Gasteiger partial charge in [0, 0.05) is 7.05 Å². The van der Waals surface area contributed by atoms with Crippen molar-refractivity contribution in [3.8, 4) is 17.2 Å². The van der Waals surface area contributed by atoms with Crippen molar-refractivity contribution in [2.45, 2.75) is 16.6 Å². The maximum Gasteiger partial charge on any atom is 0.501 e. The van der Waals surface area contributed by atoms with Gasteiger partial charge in [-0.25, -0.2) is 31.9 Å². The molecule has 1 heterocycles. The third kappa shape index (κ3) is 4.84. The number of nitrogens with zero attached hydrogens (tertiary/aromatic N) is 2. The van der Waals surface area contributed by atoms with Gasteiger partial charge >= 0.3 is 28.8 Å². The lowest BCUT2D eigenvalue weighted by atomic mass is 10.1. The second-order valence-electron chi connectivity index (χ2n) is 6.74. The molecule has 1 N–H and O–H groups in total. The smallest absolute Gasteiger partial charge is 0.455 e. The van der Waals surface area contributed by atoms with E-state index in [0.29, 0.717) is 34.9 Å². The molecule has 3 rings (SSSR count). The highest BCUT2D eigenvalue weighted by molar-refractivity contribution is 7.92. The number of rotatable bonds is 4. The van der Waals surface area contributed by atoms with Gasteiger partial charge in [0.1, 0.15) is 11.3 Å². The number of sulfone groups is 1. The molecule has 0 fully saturated rings. The lowest BCUT2D eigenvalue weighted by Crippen LogP contribution is -2.47. The van der Waals surface area contributed by atoms with E-state index in [-0.39, 0.29) is 4.57 Å². The fraction of sp³-hybridized carbons (Fsp3) is 0.167. The predicted octanol–water partition coefficient (Wildman–Crippen LogP) is 2.98. The summed E-state index contributed by atoms with van der Waals surface area (Å²) in [5, 5.41) is -0.776. The lowest BCUT2D eigenvalue weighted by Gasteiger charge is -2.17. The summed E-state index contributed by atoms with van der Waals surface area (Å²) in [4.78, 5) is 36.4. The van der Waals surface area contributed by atoms with Gasteiger partial charge in [0.2, 0.25) is 0 Å². The number of H-pyrrole nitrogens is 1. The molecule has 0 amide bonds. The van der Waals surface area contributed by atoms with Crippen LogP contribution in [0.2, 0.25) is 5.02 Å². The standard InChI is InChI=1S/C18H10ClF6N3O6S/c1-27-14(29)26-15(30)28(16(27)31)8-6-11(17(20,21)22)13(12(19)7-8)34-9-2-4-10(5-3-9)35(32,33)18(23,24)25/h2-7H,1H3,(H,26,29,30). The molecule has 0 atom stereocenters. The van der Waals surface area contributed by atoms with Crippen molar-refractivity contribution in [2.75, 3.05) is 0 Å². The van der Waals surface area contributed by atoms with E-state index in [9.17, 15) is 49.1 Å². The Labute approximate surface area is 194 Å². The van der Waals surface area contributed by atoms with E-state index in [4.69, 9.17) is 16.3 Å². The van der Waals surface area contributed by atoms with Gasteiger partial charge in [-0.05, 0) is 36.4 Å². The number of alkyl halides is 6. The SMILES string of the molecule is Cn1c(=O)[nH]c(=O)n(-c2cc(Cl)c(Oc3ccc(S(=O)(=O)C(F)(F)F)cc3)c(C(F)(F)F)c2)c1=O. The molecule has 0 aliphatic carbocycles. The zero-order chi connectivity index (χ0) is 26.5. The second kappa shape index (κ2) is 8.60. The molecule has 35 heavy (non-hydrogen) atoms. The van der Waals surface area contributed by atoms with Crippen molar-refractivity contribution < 1.29 is 39.5 Å². The molecule has 0 saturated heterocycles. The van der Waals surface area contributed by atoms with Gasteiger partial charge < -0.3 is 4.74 Å². The van der Waals surface area contributed by atoms with E-state index in [2.05, 4.69) is 0 Å². The number of hydrogen-bond acceptors (Lipinski definition) is 6. The van der Waals surface area contributed by atoms with Crippen LogP contribution in [0.5, 0.6) is 11.5 Å². The summed E-state index contributed by atoms with van der Waals surface area (Å²) in [5.41, 5.74) is -11.6. The third-order valence-electron chi connectivity index (χ3n) is 4.45. The molecule has 3 aromatic rings. The Morgan fingerprint density at radius 1 is 0.943 bits per heavy atom. The fourth-order valence-electron chi connectivity index (χ4n) is 2.74. The molecule has 0 spiro atoms. The minimum Gasteiger partial charge on any atom is -0.455 e. The Hall–Kier alpha value is -3.53. The fourth-order valence-corrected chi connectivity index (χ4v) is 3.76. The Balaban J connectivity index is 2.14. The van der Waals surface area contributed by atoms with Crippen LogP contribution in [-0.4, -0.2) is 28.0 Å². The quantitative estimate of drug-likeness (QED) is 0.503. The highest BCUT2D eigenvalue weighted by Gasteiger charge is 2.46. The molecule has 2 aromatic carbocycles. The van der Waals surface area contributed by atoms with Crippen LogP contribution < -0.4 is 21.8 Å². The van der Waals surface area contributed by atoms with E-state index in [0.717, 1.165) is 13.1 Å². The van der Waals surface area contributed by atoms with Crippen molar-refractivity contribution >= 4 is 21.4 Å². The number of nitrogens with one attached hydrogen (secondary N) is 1. The Morgan fingerprint density at radius 3 is 2.03 bits per heavy atom. The Kier molecular flexibility index (Phi) is 6.41. The first kappa shape index (κ1) is 26.1. The molecule has 0 aliphatic rings.